The van der Waals surface area contributed by atoms with E-state index in [1.54, 1.807) is 16.9 Å². The van der Waals surface area contributed by atoms with Gasteiger partial charge in [-0.3, -0.25) is 4.79 Å². The van der Waals surface area contributed by atoms with E-state index in [0.29, 0.717) is 30.2 Å². The van der Waals surface area contributed by atoms with Crippen LogP contribution in [0.1, 0.15) is 23.0 Å². The molecule has 26 heavy (non-hydrogen) atoms. The third-order valence-electron chi connectivity index (χ3n) is 3.90. The summed E-state index contributed by atoms with van der Waals surface area (Å²) < 4.78 is 7.34. The molecule has 0 aliphatic heterocycles. The zero-order valence-electron chi connectivity index (χ0n) is 14.5. The van der Waals surface area contributed by atoms with Gasteiger partial charge in [0.25, 0.3) is 5.91 Å². The Morgan fingerprint density at radius 3 is 2.73 bits per heavy atom. The SMILES string of the molecule is CCc1c(C(=O)NCCOc2ccccc2)cnn1-c1cccc(Cl)c1. The fourth-order valence-corrected chi connectivity index (χ4v) is 2.86. The molecule has 0 saturated carbocycles. The maximum atomic E-state index is 12.5. The monoisotopic (exact) mass is 369 g/mol. The van der Waals surface area contributed by atoms with Crippen LogP contribution in [0.3, 0.4) is 0 Å². The Bertz CT molecular complexity index is 878. The Kier molecular flexibility index (Phi) is 5.92. The summed E-state index contributed by atoms with van der Waals surface area (Å²) in [6.45, 7) is 2.81. The average Bonchev–Trinajstić information content (AvgIpc) is 3.10. The van der Waals surface area contributed by atoms with Crippen molar-refractivity contribution in [2.75, 3.05) is 13.2 Å². The standard InChI is InChI=1S/C20H20ClN3O2/c1-2-19-18(14-23-24(19)16-8-6-7-15(21)13-16)20(25)22-11-12-26-17-9-4-3-5-10-17/h3-10,13-14H,2,11-12H2,1H3,(H,22,25). The number of nitrogens with one attached hydrogen (secondary N) is 1. The van der Waals surface area contributed by atoms with Crippen LogP contribution in [0.4, 0.5) is 0 Å². The normalized spacial score (nSPS) is 10.5. The predicted molar refractivity (Wildman–Crippen MR) is 102 cm³/mol. The second-order valence-electron chi connectivity index (χ2n) is 5.67. The van der Waals surface area contributed by atoms with Gasteiger partial charge in [-0.25, -0.2) is 4.68 Å². The van der Waals surface area contributed by atoms with Crippen molar-refractivity contribution in [3.63, 3.8) is 0 Å². The maximum absolute atomic E-state index is 12.5. The van der Waals surface area contributed by atoms with Gasteiger partial charge in [0.1, 0.15) is 12.4 Å². The molecule has 1 N–H and O–H groups in total. The highest BCUT2D eigenvalue weighted by atomic mass is 35.5. The number of amides is 1. The number of hydrogen-bond acceptors (Lipinski definition) is 3. The molecule has 2 aromatic carbocycles. The number of nitrogens with zero attached hydrogens (tertiary/aromatic N) is 2. The second-order valence-corrected chi connectivity index (χ2v) is 6.10. The molecule has 0 bridgehead atoms. The topological polar surface area (TPSA) is 56.1 Å². The molecule has 0 aliphatic rings. The van der Waals surface area contributed by atoms with Gasteiger partial charge >= 0.3 is 0 Å². The van der Waals surface area contributed by atoms with Crippen molar-refractivity contribution in [2.24, 2.45) is 0 Å². The van der Waals surface area contributed by atoms with Gasteiger partial charge in [-0.1, -0.05) is 42.8 Å². The van der Waals surface area contributed by atoms with Crippen LogP contribution in [0.15, 0.2) is 60.8 Å². The van der Waals surface area contributed by atoms with E-state index < -0.39 is 0 Å². The molecule has 3 aromatic rings. The van der Waals surface area contributed by atoms with E-state index in [1.165, 1.54) is 0 Å². The number of aromatic nitrogens is 2. The summed E-state index contributed by atoms with van der Waals surface area (Å²) in [5.41, 5.74) is 2.24. The van der Waals surface area contributed by atoms with Crippen LogP contribution < -0.4 is 10.1 Å². The summed E-state index contributed by atoms with van der Waals surface area (Å²) in [5.74, 6) is 0.622. The van der Waals surface area contributed by atoms with E-state index in [-0.39, 0.29) is 5.91 Å². The van der Waals surface area contributed by atoms with Gasteiger partial charge < -0.3 is 10.1 Å². The minimum absolute atomic E-state index is 0.160. The molecule has 6 heteroatoms. The van der Waals surface area contributed by atoms with Crippen LogP contribution in [0.2, 0.25) is 5.02 Å². The van der Waals surface area contributed by atoms with Crippen LogP contribution in [0.25, 0.3) is 5.69 Å². The number of hydrogen-bond donors (Lipinski definition) is 1. The third-order valence-corrected chi connectivity index (χ3v) is 4.14. The summed E-state index contributed by atoms with van der Waals surface area (Å²) in [4.78, 5) is 12.5. The molecule has 0 atom stereocenters. The van der Waals surface area contributed by atoms with Crippen LogP contribution in [0, 0.1) is 0 Å². The third kappa shape index (κ3) is 4.24. The van der Waals surface area contributed by atoms with E-state index >= 15 is 0 Å². The van der Waals surface area contributed by atoms with E-state index in [0.717, 1.165) is 17.1 Å². The van der Waals surface area contributed by atoms with Crippen molar-refractivity contribution in [2.45, 2.75) is 13.3 Å². The maximum Gasteiger partial charge on any atom is 0.254 e. The fraction of sp³-hybridized carbons (Fsp3) is 0.200. The first-order valence-corrected chi connectivity index (χ1v) is 8.85. The molecule has 134 valence electrons. The zero-order valence-corrected chi connectivity index (χ0v) is 15.2. The highest BCUT2D eigenvalue weighted by Gasteiger charge is 2.17. The van der Waals surface area contributed by atoms with Gasteiger partial charge in [0.05, 0.1) is 29.7 Å². The molecule has 1 heterocycles. The number of benzene rings is 2. The van der Waals surface area contributed by atoms with Gasteiger partial charge in [-0.15, -0.1) is 0 Å². The average molecular weight is 370 g/mol. The van der Waals surface area contributed by atoms with E-state index in [1.807, 2.05) is 55.5 Å². The number of para-hydroxylation sites is 1. The number of carbonyl (C=O) groups is 1. The van der Waals surface area contributed by atoms with Crippen molar-refractivity contribution >= 4 is 17.5 Å². The first-order valence-electron chi connectivity index (χ1n) is 8.48. The quantitative estimate of drug-likeness (QED) is 0.643. The fourth-order valence-electron chi connectivity index (χ4n) is 2.68. The number of carbonyl (C=O) groups excluding carboxylic acids is 1. The smallest absolute Gasteiger partial charge is 0.254 e. The molecule has 0 fully saturated rings. The Morgan fingerprint density at radius 2 is 2.00 bits per heavy atom. The lowest BCUT2D eigenvalue weighted by Crippen LogP contribution is -2.28. The van der Waals surface area contributed by atoms with Crippen LogP contribution >= 0.6 is 11.6 Å². The van der Waals surface area contributed by atoms with Crippen molar-refractivity contribution in [3.05, 3.63) is 77.1 Å². The Hall–Kier alpha value is -2.79. The molecular formula is C20H20ClN3O2. The molecule has 0 radical (unpaired) electrons. The molecule has 1 amide bonds. The minimum Gasteiger partial charge on any atom is -0.492 e. The summed E-state index contributed by atoms with van der Waals surface area (Å²) in [7, 11) is 0. The molecule has 0 saturated heterocycles. The molecule has 0 spiro atoms. The first-order chi connectivity index (χ1) is 12.7. The Morgan fingerprint density at radius 1 is 1.19 bits per heavy atom. The Labute approximate surface area is 157 Å². The predicted octanol–water partition coefficient (Wildman–Crippen LogP) is 3.90. The van der Waals surface area contributed by atoms with Crippen LogP contribution in [-0.4, -0.2) is 28.8 Å². The molecule has 0 unspecified atom stereocenters. The first kappa shape index (κ1) is 18.0. The van der Waals surface area contributed by atoms with Crippen LogP contribution in [0.5, 0.6) is 5.75 Å². The van der Waals surface area contributed by atoms with E-state index in [4.69, 9.17) is 16.3 Å². The molecule has 1 aromatic heterocycles. The lowest BCUT2D eigenvalue weighted by Gasteiger charge is -2.09. The summed E-state index contributed by atoms with van der Waals surface area (Å²) in [6, 6.07) is 16.9. The van der Waals surface area contributed by atoms with E-state index in [2.05, 4.69) is 10.4 Å². The summed E-state index contributed by atoms with van der Waals surface area (Å²) >= 11 is 6.06. The van der Waals surface area contributed by atoms with Gasteiger partial charge in [0, 0.05) is 5.02 Å². The van der Waals surface area contributed by atoms with E-state index in [9.17, 15) is 4.79 Å². The molecule has 3 rings (SSSR count). The van der Waals surface area contributed by atoms with Crippen LogP contribution in [-0.2, 0) is 6.42 Å². The van der Waals surface area contributed by atoms with Gasteiger partial charge in [0.15, 0.2) is 0 Å². The molecule has 0 aliphatic carbocycles. The Balaban J connectivity index is 1.64. The number of halogens is 1. The largest absolute Gasteiger partial charge is 0.492 e. The lowest BCUT2D eigenvalue weighted by atomic mass is 10.2. The lowest BCUT2D eigenvalue weighted by molar-refractivity contribution is 0.0946. The van der Waals surface area contributed by atoms with Crippen molar-refractivity contribution in [1.82, 2.24) is 15.1 Å². The highest BCUT2D eigenvalue weighted by Crippen LogP contribution is 2.19. The number of rotatable bonds is 7. The number of ether oxygens (including phenoxy) is 1. The van der Waals surface area contributed by atoms with Crippen molar-refractivity contribution < 1.29 is 9.53 Å². The summed E-state index contributed by atoms with van der Waals surface area (Å²) in [5, 5.41) is 7.87. The van der Waals surface area contributed by atoms with Gasteiger partial charge in [-0.05, 0) is 36.8 Å². The zero-order chi connectivity index (χ0) is 18.4. The molecular weight excluding hydrogens is 350 g/mol. The highest BCUT2D eigenvalue weighted by molar-refractivity contribution is 6.30. The minimum atomic E-state index is -0.160. The molecule has 5 nitrogen and oxygen atoms in total. The summed E-state index contributed by atoms with van der Waals surface area (Å²) in [6.07, 6.45) is 2.27. The second kappa shape index (κ2) is 8.54. The van der Waals surface area contributed by atoms with Gasteiger partial charge in [-0.2, -0.15) is 5.10 Å². The van der Waals surface area contributed by atoms with Gasteiger partial charge in [0.2, 0.25) is 0 Å². The van der Waals surface area contributed by atoms with Crippen molar-refractivity contribution in [3.8, 4) is 11.4 Å². The van der Waals surface area contributed by atoms with Crippen molar-refractivity contribution in [1.29, 1.82) is 0 Å².